The Hall–Kier alpha value is -5.24. The monoisotopic (exact) mass is 557 g/mol. The molecule has 0 aliphatic carbocycles. The lowest BCUT2D eigenvalue weighted by Gasteiger charge is -2.25. The lowest BCUT2D eigenvalue weighted by atomic mass is 10.0. The fraction of sp³-hybridized carbons (Fsp3) is 0.167. The lowest BCUT2D eigenvalue weighted by Crippen LogP contribution is -2.31. The van der Waals surface area contributed by atoms with Crippen molar-refractivity contribution in [3.05, 3.63) is 112 Å². The summed E-state index contributed by atoms with van der Waals surface area (Å²) in [5, 5.41) is 8.24. The number of halogens is 3. The number of carbonyl (C=O) groups is 1. The molecular weight excluding hydrogens is 531 g/mol. The molecule has 0 saturated heterocycles. The lowest BCUT2D eigenvalue weighted by molar-refractivity contribution is -0.138. The quantitative estimate of drug-likeness (QED) is 0.293. The van der Waals surface area contributed by atoms with Gasteiger partial charge in [-0.2, -0.15) is 18.2 Å². The second-order valence-corrected chi connectivity index (χ2v) is 9.71. The highest BCUT2D eigenvalue weighted by atomic mass is 19.4. The molecule has 8 nitrogen and oxygen atoms in total. The predicted molar refractivity (Wildman–Crippen MR) is 150 cm³/mol. The minimum atomic E-state index is -4.60. The molecule has 2 aromatic heterocycles. The van der Waals surface area contributed by atoms with Crippen LogP contribution in [0.15, 0.2) is 72.7 Å². The van der Waals surface area contributed by atoms with Gasteiger partial charge in [0.2, 0.25) is 5.95 Å². The summed E-state index contributed by atoms with van der Waals surface area (Å²) in [5.41, 5.74) is 12.7. The first kappa shape index (κ1) is 27.3. The van der Waals surface area contributed by atoms with E-state index < -0.39 is 17.6 Å². The molecule has 2 aromatic carbocycles. The second-order valence-electron chi connectivity index (χ2n) is 9.71. The van der Waals surface area contributed by atoms with E-state index in [4.69, 9.17) is 5.73 Å². The van der Waals surface area contributed by atoms with Crippen molar-refractivity contribution >= 4 is 23.2 Å². The van der Waals surface area contributed by atoms with Crippen LogP contribution in [0.25, 0.3) is 5.65 Å². The maximum Gasteiger partial charge on any atom is 0.416 e. The minimum Gasteiger partial charge on any atom is -0.366 e. The van der Waals surface area contributed by atoms with E-state index in [1.54, 1.807) is 52.4 Å². The Balaban J connectivity index is 1.37. The van der Waals surface area contributed by atoms with E-state index in [1.807, 2.05) is 26.8 Å². The first-order valence-corrected chi connectivity index (χ1v) is 12.6. The summed E-state index contributed by atoms with van der Waals surface area (Å²) in [5.74, 6) is 5.79. The number of carbonyl (C=O) groups excluding carboxylic acids is 1. The molecule has 0 unspecified atom stereocenters. The van der Waals surface area contributed by atoms with Gasteiger partial charge in [-0.3, -0.25) is 9.80 Å². The molecular formula is C30H26F3N7O. The number of allylic oxidation sites excluding steroid dienone is 2. The molecule has 0 spiro atoms. The number of hydrogen-bond acceptors (Lipinski definition) is 6. The fourth-order valence-electron chi connectivity index (χ4n) is 4.23. The number of benzene rings is 2. The average Bonchev–Trinajstić information content (AvgIpc) is 3.28. The molecule has 0 bridgehead atoms. The van der Waals surface area contributed by atoms with Crippen molar-refractivity contribution in [3.8, 4) is 11.8 Å². The Kier molecular flexibility index (Phi) is 7.15. The number of nitrogens with one attached hydrogen (secondary N) is 2. The molecule has 4 N–H and O–H groups in total. The number of nitrogens with two attached hydrogens (primary N) is 1. The summed E-state index contributed by atoms with van der Waals surface area (Å²) in [6.07, 6.45) is 2.30. The molecule has 0 radical (unpaired) electrons. The molecule has 0 atom stereocenters. The SMILES string of the molecule is CC1=CNN(Cc2ccc(NC(=O)c3ccc(C)c(C#Cc4cn5nc(N)nc5cc4C)c3)cc2C(F)(F)F)C=C1. The molecule has 1 amide bonds. The van der Waals surface area contributed by atoms with Gasteiger partial charge in [-0.25, -0.2) is 4.52 Å². The second kappa shape index (κ2) is 10.7. The summed E-state index contributed by atoms with van der Waals surface area (Å²) in [7, 11) is 0. The minimum absolute atomic E-state index is 0.0138. The number of hydrogen-bond donors (Lipinski definition) is 3. The zero-order chi connectivity index (χ0) is 29.3. The first-order chi connectivity index (χ1) is 19.5. The largest absolute Gasteiger partial charge is 0.416 e. The Morgan fingerprint density at radius 3 is 2.56 bits per heavy atom. The summed E-state index contributed by atoms with van der Waals surface area (Å²) >= 11 is 0. The molecule has 41 heavy (non-hydrogen) atoms. The fourth-order valence-corrected chi connectivity index (χ4v) is 4.23. The number of pyridine rings is 1. The Bertz CT molecular complexity index is 1790. The molecule has 1 aliphatic rings. The molecule has 11 heteroatoms. The van der Waals surface area contributed by atoms with Crippen molar-refractivity contribution in [2.24, 2.45) is 0 Å². The first-order valence-electron chi connectivity index (χ1n) is 12.6. The van der Waals surface area contributed by atoms with Gasteiger partial charge in [0, 0.05) is 41.0 Å². The van der Waals surface area contributed by atoms with E-state index >= 15 is 0 Å². The molecule has 5 rings (SSSR count). The van der Waals surface area contributed by atoms with Crippen molar-refractivity contribution in [2.75, 3.05) is 11.1 Å². The van der Waals surface area contributed by atoms with E-state index in [0.717, 1.165) is 22.8 Å². The van der Waals surface area contributed by atoms with Crippen LogP contribution in [-0.4, -0.2) is 25.5 Å². The van der Waals surface area contributed by atoms with Crippen LogP contribution in [0.2, 0.25) is 0 Å². The highest BCUT2D eigenvalue weighted by Crippen LogP contribution is 2.34. The third-order valence-corrected chi connectivity index (χ3v) is 6.52. The van der Waals surface area contributed by atoms with E-state index in [-0.39, 0.29) is 29.3 Å². The maximum absolute atomic E-state index is 13.9. The third-order valence-electron chi connectivity index (χ3n) is 6.52. The van der Waals surface area contributed by atoms with Gasteiger partial charge < -0.3 is 16.5 Å². The summed E-state index contributed by atoms with van der Waals surface area (Å²) in [6, 6.07) is 10.6. The van der Waals surface area contributed by atoms with E-state index in [9.17, 15) is 18.0 Å². The van der Waals surface area contributed by atoms with Gasteiger partial charge in [0.05, 0.1) is 12.1 Å². The van der Waals surface area contributed by atoms with Gasteiger partial charge in [0.25, 0.3) is 5.91 Å². The van der Waals surface area contributed by atoms with Crippen molar-refractivity contribution in [3.63, 3.8) is 0 Å². The molecule has 1 aliphatic heterocycles. The number of nitrogens with zero attached hydrogens (tertiary/aromatic N) is 4. The van der Waals surface area contributed by atoms with Gasteiger partial charge in [-0.1, -0.05) is 24.0 Å². The van der Waals surface area contributed by atoms with Crippen molar-refractivity contribution in [2.45, 2.75) is 33.5 Å². The van der Waals surface area contributed by atoms with Gasteiger partial charge in [-0.05, 0) is 79.4 Å². The van der Waals surface area contributed by atoms with Gasteiger partial charge in [0.15, 0.2) is 5.65 Å². The topological polar surface area (TPSA) is 101 Å². The summed E-state index contributed by atoms with van der Waals surface area (Å²) < 4.78 is 43.3. The van der Waals surface area contributed by atoms with Crippen LogP contribution in [0.1, 0.15) is 50.7 Å². The molecule has 0 saturated carbocycles. The number of anilines is 2. The van der Waals surface area contributed by atoms with Crippen molar-refractivity contribution in [1.29, 1.82) is 0 Å². The van der Waals surface area contributed by atoms with Crippen molar-refractivity contribution < 1.29 is 18.0 Å². The van der Waals surface area contributed by atoms with E-state index in [0.29, 0.717) is 16.8 Å². The van der Waals surface area contributed by atoms with Crippen LogP contribution < -0.4 is 16.5 Å². The number of fused-ring (bicyclic) bond motifs is 1. The molecule has 208 valence electrons. The van der Waals surface area contributed by atoms with Gasteiger partial charge >= 0.3 is 6.18 Å². The number of alkyl halides is 3. The number of hydrazine groups is 1. The van der Waals surface area contributed by atoms with Gasteiger partial charge in [0.1, 0.15) is 0 Å². The highest BCUT2D eigenvalue weighted by molar-refractivity contribution is 6.04. The van der Waals surface area contributed by atoms with Crippen LogP contribution in [0.4, 0.5) is 24.8 Å². The van der Waals surface area contributed by atoms with E-state index in [1.165, 1.54) is 12.1 Å². The van der Waals surface area contributed by atoms with Crippen LogP contribution in [-0.2, 0) is 12.7 Å². The predicted octanol–water partition coefficient (Wildman–Crippen LogP) is 5.34. The number of aromatic nitrogens is 3. The smallest absolute Gasteiger partial charge is 0.366 e. The van der Waals surface area contributed by atoms with Crippen LogP contribution in [0.3, 0.4) is 0 Å². The zero-order valence-electron chi connectivity index (χ0n) is 22.5. The zero-order valence-corrected chi connectivity index (χ0v) is 22.5. The van der Waals surface area contributed by atoms with Gasteiger partial charge in [-0.15, -0.1) is 5.10 Å². The summed E-state index contributed by atoms with van der Waals surface area (Å²) in [6.45, 7) is 5.61. The number of aryl methyl sites for hydroxylation is 2. The van der Waals surface area contributed by atoms with Crippen LogP contribution >= 0.6 is 0 Å². The van der Waals surface area contributed by atoms with Crippen molar-refractivity contribution in [1.82, 2.24) is 25.0 Å². The average molecular weight is 558 g/mol. The normalized spacial score (nSPS) is 12.9. The highest BCUT2D eigenvalue weighted by Gasteiger charge is 2.34. The maximum atomic E-state index is 13.9. The standard InChI is InChI=1S/C30H26F3N7O/c1-18-10-11-39(35-15-18)16-24-8-9-25(14-26(24)30(31,32)33)36-28(41)22-5-4-19(2)21(13-22)6-7-23-17-40-27(12-20(23)3)37-29(34)38-40/h4-5,8-15,17,35H,16H2,1-3H3,(H2,34,38)(H,36,41). The Labute approximate surface area is 234 Å². The number of nitrogen functional groups attached to an aromatic ring is 1. The van der Waals surface area contributed by atoms with Crippen LogP contribution in [0, 0.1) is 25.7 Å². The molecule has 4 aromatic rings. The third kappa shape index (κ3) is 6.17. The van der Waals surface area contributed by atoms with E-state index in [2.05, 4.69) is 32.7 Å². The summed E-state index contributed by atoms with van der Waals surface area (Å²) in [4.78, 5) is 17.2. The van der Waals surface area contributed by atoms with Crippen LogP contribution in [0.5, 0.6) is 0 Å². The Morgan fingerprint density at radius 2 is 1.83 bits per heavy atom. The number of amides is 1. The Morgan fingerprint density at radius 1 is 1.05 bits per heavy atom. The number of rotatable bonds is 4. The molecule has 3 heterocycles. The molecule has 0 fully saturated rings.